The van der Waals surface area contributed by atoms with Gasteiger partial charge in [-0.05, 0) is 38.0 Å². The Morgan fingerprint density at radius 2 is 2.19 bits per heavy atom. The van der Waals surface area contributed by atoms with Crippen LogP contribution in [0.5, 0.6) is 0 Å². The van der Waals surface area contributed by atoms with Gasteiger partial charge in [-0.3, -0.25) is 4.79 Å². The molecule has 0 atom stereocenters. The highest BCUT2D eigenvalue weighted by Gasteiger charge is 2.16. The lowest BCUT2D eigenvalue weighted by Gasteiger charge is -2.05. The van der Waals surface area contributed by atoms with E-state index in [1.165, 1.54) is 16.9 Å². The molecule has 0 unspecified atom stereocenters. The fourth-order valence-corrected chi connectivity index (χ4v) is 2.79. The first kappa shape index (κ1) is 15.3. The number of amides is 1. The maximum atomic E-state index is 12.3. The molecule has 0 radical (unpaired) electrons. The summed E-state index contributed by atoms with van der Waals surface area (Å²) in [6, 6.07) is 8.02. The van der Waals surface area contributed by atoms with Crippen molar-refractivity contribution in [3.8, 4) is 0 Å². The number of thiazole rings is 1. The number of nitrogen functional groups attached to an aromatic ring is 1. The lowest BCUT2D eigenvalue weighted by molar-refractivity contribution is 0.103. The average molecular weight is 304 g/mol. The molecule has 21 heavy (non-hydrogen) atoms. The summed E-state index contributed by atoms with van der Waals surface area (Å²) in [7, 11) is 0. The topological polar surface area (TPSA) is 80.0 Å². The number of nitrogens with zero attached hydrogens (tertiary/aromatic N) is 1. The van der Waals surface area contributed by atoms with Crippen molar-refractivity contribution in [2.75, 3.05) is 16.4 Å². The van der Waals surface area contributed by atoms with Crippen LogP contribution in [0.1, 0.15) is 36.0 Å². The Balaban J connectivity index is 2.14. The molecule has 0 aliphatic rings. The predicted molar refractivity (Wildman–Crippen MR) is 89.1 cm³/mol. The largest absolute Gasteiger partial charge is 0.382 e. The Hall–Kier alpha value is -2.08. The van der Waals surface area contributed by atoms with Gasteiger partial charge in [-0.2, -0.15) is 0 Å². The first-order valence-corrected chi connectivity index (χ1v) is 7.74. The van der Waals surface area contributed by atoms with Crippen molar-refractivity contribution in [3.63, 3.8) is 0 Å². The van der Waals surface area contributed by atoms with Gasteiger partial charge < -0.3 is 16.4 Å². The van der Waals surface area contributed by atoms with E-state index in [4.69, 9.17) is 5.73 Å². The van der Waals surface area contributed by atoms with E-state index >= 15 is 0 Å². The molecule has 112 valence electrons. The number of aryl methyl sites for hydroxylation is 1. The molecule has 2 aromatic rings. The van der Waals surface area contributed by atoms with Crippen LogP contribution in [-0.4, -0.2) is 16.9 Å². The summed E-state index contributed by atoms with van der Waals surface area (Å²) < 4.78 is 0. The van der Waals surface area contributed by atoms with Crippen LogP contribution in [0.15, 0.2) is 24.3 Å². The zero-order chi connectivity index (χ0) is 15.4. The van der Waals surface area contributed by atoms with Gasteiger partial charge >= 0.3 is 0 Å². The number of nitrogens with one attached hydrogen (secondary N) is 2. The highest BCUT2D eigenvalue weighted by Crippen LogP contribution is 2.26. The van der Waals surface area contributed by atoms with Gasteiger partial charge in [0.05, 0.1) is 0 Å². The fraction of sp³-hybridized carbons (Fsp3) is 0.333. The van der Waals surface area contributed by atoms with Crippen LogP contribution in [-0.2, 0) is 6.42 Å². The molecule has 1 aromatic carbocycles. The van der Waals surface area contributed by atoms with Crippen LogP contribution in [0.4, 0.5) is 16.6 Å². The van der Waals surface area contributed by atoms with Gasteiger partial charge in [0.25, 0.3) is 5.91 Å². The Labute approximate surface area is 128 Å². The molecular formula is C15H20N4OS. The van der Waals surface area contributed by atoms with Crippen molar-refractivity contribution in [2.45, 2.75) is 33.2 Å². The van der Waals surface area contributed by atoms with Crippen molar-refractivity contribution >= 4 is 33.9 Å². The van der Waals surface area contributed by atoms with Crippen LogP contribution in [0.2, 0.25) is 0 Å². The van der Waals surface area contributed by atoms with Gasteiger partial charge in [-0.15, -0.1) is 0 Å². The smallest absolute Gasteiger partial charge is 0.269 e. The van der Waals surface area contributed by atoms with E-state index < -0.39 is 0 Å². The molecule has 2 rings (SSSR count). The van der Waals surface area contributed by atoms with Crippen LogP contribution in [0.3, 0.4) is 0 Å². The first-order chi connectivity index (χ1) is 9.99. The second-order valence-corrected chi connectivity index (χ2v) is 6.04. The third kappa shape index (κ3) is 3.95. The number of carbonyl (C=O) groups excluding carboxylic acids is 1. The molecule has 6 heteroatoms. The van der Waals surface area contributed by atoms with E-state index in [1.54, 1.807) is 0 Å². The number of carbonyl (C=O) groups is 1. The van der Waals surface area contributed by atoms with E-state index in [-0.39, 0.29) is 17.8 Å². The average Bonchev–Trinajstić information content (AvgIpc) is 2.79. The summed E-state index contributed by atoms with van der Waals surface area (Å²) in [6.45, 7) is 6.09. The normalized spacial score (nSPS) is 10.7. The maximum absolute atomic E-state index is 12.3. The zero-order valence-corrected chi connectivity index (χ0v) is 13.3. The molecule has 0 aliphatic heterocycles. The van der Waals surface area contributed by atoms with Crippen LogP contribution in [0, 0.1) is 0 Å². The number of aromatic nitrogens is 1. The van der Waals surface area contributed by atoms with Gasteiger partial charge in [0.2, 0.25) is 0 Å². The number of nitrogens with two attached hydrogens (primary N) is 1. The number of hydrogen-bond acceptors (Lipinski definition) is 5. The fourth-order valence-electron chi connectivity index (χ4n) is 1.86. The summed E-state index contributed by atoms with van der Waals surface area (Å²) in [4.78, 5) is 16.9. The zero-order valence-electron chi connectivity index (χ0n) is 12.4. The molecule has 1 aromatic heterocycles. The number of hydrogen-bond donors (Lipinski definition) is 3. The Morgan fingerprint density at radius 3 is 2.86 bits per heavy atom. The van der Waals surface area contributed by atoms with E-state index in [0.29, 0.717) is 10.0 Å². The molecule has 0 bridgehead atoms. The minimum Gasteiger partial charge on any atom is -0.382 e. The lowest BCUT2D eigenvalue weighted by atomic mass is 10.1. The Kier molecular flexibility index (Phi) is 4.80. The highest BCUT2D eigenvalue weighted by molar-refractivity contribution is 7.18. The molecule has 0 saturated heterocycles. The van der Waals surface area contributed by atoms with Crippen molar-refractivity contribution in [3.05, 3.63) is 34.7 Å². The van der Waals surface area contributed by atoms with Crippen LogP contribution >= 0.6 is 11.3 Å². The SMILES string of the molecule is CCc1cccc(NC(=O)c2sc(NC(C)C)nc2N)c1. The number of anilines is 3. The quantitative estimate of drug-likeness (QED) is 0.791. The third-order valence-corrected chi connectivity index (χ3v) is 3.87. The van der Waals surface area contributed by atoms with Crippen molar-refractivity contribution < 1.29 is 4.79 Å². The van der Waals surface area contributed by atoms with Crippen molar-refractivity contribution in [1.82, 2.24) is 4.98 Å². The van der Waals surface area contributed by atoms with E-state index in [9.17, 15) is 4.79 Å². The number of benzene rings is 1. The molecule has 0 saturated carbocycles. The van der Waals surface area contributed by atoms with Crippen LogP contribution < -0.4 is 16.4 Å². The summed E-state index contributed by atoms with van der Waals surface area (Å²) >= 11 is 1.27. The summed E-state index contributed by atoms with van der Waals surface area (Å²) in [5, 5.41) is 6.68. The maximum Gasteiger partial charge on any atom is 0.269 e. The standard InChI is InChI=1S/C15H20N4OS/c1-4-10-6-5-7-11(8-10)18-14(20)12-13(16)19-15(21-12)17-9(2)3/h5-9H,4,16H2,1-3H3,(H,17,19)(H,18,20). The highest BCUT2D eigenvalue weighted by atomic mass is 32.1. The van der Waals surface area contributed by atoms with Crippen LogP contribution in [0.25, 0.3) is 0 Å². The van der Waals surface area contributed by atoms with Gasteiger partial charge in [0, 0.05) is 11.7 Å². The lowest BCUT2D eigenvalue weighted by Crippen LogP contribution is -2.12. The van der Waals surface area contributed by atoms with Crippen molar-refractivity contribution in [1.29, 1.82) is 0 Å². The molecule has 5 nitrogen and oxygen atoms in total. The second kappa shape index (κ2) is 6.58. The van der Waals surface area contributed by atoms with Gasteiger partial charge in [-0.1, -0.05) is 30.4 Å². The minimum absolute atomic E-state index is 0.227. The molecular weight excluding hydrogens is 284 g/mol. The third-order valence-electron chi connectivity index (χ3n) is 2.86. The van der Waals surface area contributed by atoms with Gasteiger partial charge in [-0.25, -0.2) is 4.98 Å². The van der Waals surface area contributed by atoms with Crippen molar-refractivity contribution in [2.24, 2.45) is 0 Å². The summed E-state index contributed by atoms with van der Waals surface area (Å²) in [6.07, 6.45) is 0.925. The first-order valence-electron chi connectivity index (χ1n) is 6.92. The summed E-state index contributed by atoms with van der Waals surface area (Å²) in [5.41, 5.74) is 7.77. The minimum atomic E-state index is -0.227. The molecule has 4 N–H and O–H groups in total. The number of rotatable bonds is 5. The molecule has 1 amide bonds. The summed E-state index contributed by atoms with van der Waals surface area (Å²) in [5.74, 6) is 0.0300. The monoisotopic (exact) mass is 304 g/mol. The van der Waals surface area contributed by atoms with Gasteiger partial charge in [0.1, 0.15) is 10.7 Å². The van der Waals surface area contributed by atoms with E-state index in [1.807, 2.05) is 38.1 Å². The predicted octanol–water partition coefficient (Wildman–Crippen LogP) is 3.36. The molecule has 0 aliphatic carbocycles. The Bertz CT molecular complexity index is 636. The molecule has 1 heterocycles. The molecule has 0 spiro atoms. The second-order valence-electron chi connectivity index (χ2n) is 5.04. The van der Waals surface area contributed by atoms with E-state index in [2.05, 4.69) is 22.5 Å². The Morgan fingerprint density at radius 1 is 1.43 bits per heavy atom. The molecule has 0 fully saturated rings. The van der Waals surface area contributed by atoms with E-state index in [0.717, 1.165) is 12.1 Å². The van der Waals surface area contributed by atoms with Gasteiger partial charge in [0.15, 0.2) is 5.13 Å².